The van der Waals surface area contributed by atoms with Crippen LogP contribution in [0.25, 0.3) is 6.08 Å². The molecule has 1 atom stereocenters. The van der Waals surface area contributed by atoms with Crippen molar-refractivity contribution in [2.45, 2.75) is 45.8 Å². The molecular formula is C34H38BN5O6. The molecule has 2 aliphatic rings. The fourth-order valence-corrected chi connectivity index (χ4v) is 5.51. The molecule has 3 aromatic rings. The van der Waals surface area contributed by atoms with Crippen molar-refractivity contribution in [1.82, 2.24) is 10.2 Å². The first kappa shape index (κ1) is 32.5. The van der Waals surface area contributed by atoms with Crippen LogP contribution in [0.1, 0.15) is 66.3 Å². The first-order valence-electron chi connectivity index (χ1n) is 15.5. The molecule has 0 radical (unpaired) electrons. The molecule has 3 amide bonds. The van der Waals surface area contributed by atoms with Crippen molar-refractivity contribution in [3.63, 3.8) is 0 Å². The fourth-order valence-electron chi connectivity index (χ4n) is 5.51. The molecule has 5 N–H and O–H groups in total. The minimum atomic E-state index is -1.22. The number of hydrogen-bond acceptors (Lipinski definition) is 8. The van der Waals surface area contributed by atoms with Crippen LogP contribution in [0, 0.1) is 0 Å². The lowest BCUT2D eigenvalue weighted by atomic mass is 9.79. The van der Waals surface area contributed by atoms with E-state index in [1.807, 2.05) is 49.1 Å². The Kier molecular flexibility index (Phi) is 10.5. The van der Waals surface area contributed by atoms with Gasteiger partial charge in [0.15, 0.2) is 0 Å². The van der Waals surface area contributed by atoms with Gasteiger partial charge in [-0.1, -0.05) is 56.3 Å². The van der Waals surface area contributed by atoms with Crippen molar-refractivity contribution in [3.8, 4) is 0 Å². The third kappa shape index (κ3) is 7.82. The molecule has 0 aliphatic carbocycles. The molecule has 11 nitrogen and oxygen atoms in total. The number of nitrogens with one attached hydrogen (secondary N) is 2. The first-order chi connectivity index (χ1) is 22.2. The number of carbonyl (C=O) groups is 3. The number of rotatable bonds is 11. The number of anilines is 1. The highest BCUT2D eigenvalue weighted by Gasteiger charge is 2.35. The van der Waals surface area contributed by atoms with Gasteiger partial charge in [0.25, 0.3) is 5.91 Å². The molecule has 1 unspecified atom stereocenters. The Balaban J connectivity index is 1.21. The average Bonchev–Trinajstić information content (AvgIpc) is 3.26. The molecule has 0 saturated heterocycles. The summed E-state index contributed by atoms with van der Waals surface area (Å²) in [4.78, 5) is 45.0. The number of amides is 3. The molecule has 0 bridgehead atoms. The topological polar surface area (TPSA) is 156 Å². The van der Waals surface area contributed by atoms with Crippen LogP contribution in [0.15, 0.2) is 77.3 Å². The van der Waals surface area contributed by atoms with Crippen molar-refractivity contribution < 1.29 is 28.8 Å². The van der Waals surface area contributed by atoms with Gasteiger partial charge in [-0.05, 0) is 59.8 Å². The van der Waals surface area contributed by atoms with Gasteiger partial charge in [-0.15, -0.1) is 0 Å². The quantitative estimate of drug-likeness (QED) is 0.235. The van der Waals surface area contributed by atoms with Gasteiger partial charge in [-0.25, -0.2) is 9.79 Å². The number of aliphatic imine (C=N–C) groups is 1. The summed E-state index contributed by atoms with van der Waals surface area (Å²) in [6, 6.07) is 19.4. The maximum atomic E-state index is 13.3. The highest BCUT2D eigenvalue weighted by atomic mass is 16.5. The average molecular weight is 624 g/mol. The summed E-state index contributed by atoms with van der Waals surface area (Å²) in [5.41, 5.74) is 10.8. The molecule has 12 heteroatoms. The molecule has 0 spiro atoms. The number of nitrogens with two attached hydrogens (primary N) is 1. The van der Waals surface area contributed by atoms with Crippen LogP contribution in [0.5, 0.6) is 0 Å². The summed E-state index contributed by atoms with van der Waals surface area (Å²) in [6.07, 6.45) is 2.52. The maximum Gasteiger partial charge on any atom is 0.492 e. The maximum absolute atomic E-state index is 13.3. The zero-order valence-electron chi connectivity index (χ0n) is 26.0. The van der Waals surface area contributed by atoms with Gasteiger partial charge >= 0.3 is 13.2 Å². The second-order valence-electron chi connectivity index (χ2n) is 11.2. The first-order valence-corrected chi connectivity index (χ1v) is 15.5. The van der Waals surface area contributed by atoms with Gasteiger partial charge in [0.05, 0.1) is 11.8 Å². The van der Waals surface area contributed by atoms with Crippen molar-refractivity contribution in [2.24, 2.45) is 10.7 Å². The number of hydrogen-bond donors (Lipinski definition) is 4. The van der Waals surface area contributed by atoms with E-state index in [2.05, 4.69) is 15.6 Å². The van der Waals surface area contributed by atoms with Gasteiger partial charge in [0.1, 0.15) is 12.4 Å². The van der Waals surface area contributed by atoms with Gasteiger partial charge in [0, 0.05) is 48.4 Å². The number of benzene rings is 3. The number of nitrogens with zero attached hydrogens (tertiary/aromatic N) is 2. The second kappa shape index (κ2) is 14.9. The minimum absolute atomic E-state index is 0.0542. The Morgan fingerprint density at radius 2 is 1.83 bits per heavy atom. The van der Waals surface area contributed by atoms with E-state index in [0.717, 1.165) is 18.4 Å². The largest absolute Gasteiger partial charge is 0.492 e. The summed E-state index contributed by atoms with van der Waals surface area (Å²) in [6.45, 7) is 5.64. The third-order valence-corrected chi connectivity index (χ3v) is 7.71. The van der Waals surface area contributed by atoms with Crippen molar-refractivity contribution >= 4 is 53.8 Å². The van der Waals surface area contributed by atoms with Gasteiger partial charge in [-0.3, -0.25) is 14.9 Å². The van der Waals surface area contributed by atoms with E-state index >= 15 is 0 Å². The number of amidine groups is 1. The summed E-state index contributed by atoms with van der Waals surface area (Å²) < 4.78 is 11.0. The van der Waals surface area contributed by atoms with Gasteiger partial charge in [0.2, 0.25) is 5.91 Å². The van der Waals surface area contributed by atoms with E-state index in [1.165, 1.54) is 0 Å². The van der Waals surface area contributed by atoms with E-state index in [4.69, 9.17) is 15.1 Å². The van der Waals surface area contributed by atoms with Crippen LogP contribution >= 0.6 is 0 Å². The molecular weight excluding hydrogens is 585 g/mol. The molecule has 0 aromatic heterocycles. The molecule has 2 aliphatic heterocycles. The van der Waals surface area contributed by atoms with Crippen LogP contribution < -0.4 is 21.8 Å². The standard InChI is InChI=1S/C34H38BN5O6/c1-3-14-40(15-4-2)33(42)25-16-23-10-11-24(17-29(23)39-31(36)18-25)32(41)37-20-30-27-13-12-26(19-28(27)35(44)46-30)38-34(43)45-21-22-8-6-5-7-9-22/h5-13,16-17,19,30,44H,3-4,14-15,18,20-21H2,1-2H3,(H2,36,39)(H,37,41)(H,38,43). The number of fused-ring (bicyclic) bond motifs is 2. The van der Waals surface area contributed by atoms with E-state index in [0.29, 0.717) is 58.0 Å². The lowest BCUT2D eigenvalue weighted by Gasteiger charge is -2.22. The second-order valence-corrected chi connectivity index (χ2v) is 11.2. The summed E-state index contributed by atoms with van der Waals surface area (Å²) in [7, 11) is -1.22. The molecule has 3 aromatic carbocycles. The van der Waals surface area contributed by atoms with E-state index in [9.17, 15) is 19.4 Å². The highest BCUT2D eigenvalue weighted by molar-refractivity contribution is 6.62. The lowest BCUT2D eigenvalue weighted by molar-refractivity contribution is -0.127. The van der Waals surface area contributed by atoms with Gasteiger partial charge < -0.3 is 30.4 Å². The summed E-state index contributed by atoms with van der Waals surface area (Å²) in [5.74, 6) is -0.113. The van der Waals surface area contributed by atoms with Crippen LogP contribution in [-0.4, -0.2) is 60.4 Å². The molecule has 2 heterocycles. The smallest absolute Gasteiger partial charge is 0.444 e. The van der Waals surface area contributed by atoms with E-state index in [1.54, 1.807) is 42.5 Å². The monoisotopic (exact) mass is 623 g/mol. The fraction of sp³-hybridized carbons (Fsp3) is 0.294. The van der Waals surface area contributed by atoms with Gasteiger partial charge in [-0.2, -0.15) is 0 Å². The molecule has 0 saturated carbocycles. The predicted molar refractivity (Wildman–Crippen MR) is 178 cm³/mol. The Labute approximate surface area is 268 Å². The molecule has 46 heavy (non-hydrogen) atoms. The zero-order valence-corrected chi connectivity index (χ0v) is 26.0. The summed E-state index contributed by atoms with van der Waals surface area (Å²) in [5, 5.41) is 16.1. The highest BCUT2D eigenvalue weighted by Crippen LogP contribution is 2.29. The van der Waals surface area contributed by atoms with Crippen LogP contribution in [0.4, 0.5) is 16.2 Å². The molecule has 238 valence electrons. The normalized spacial score (nSPS) is 15.1. The third-order valence-electron chi connectivity index (χ3n) is 7.71. The molecule has 5 rings (SSSR count). The Morgan fingerprint density at radius 1 is 1.07 bits per heavy atom. The Morgan fingerprint density at radius 3 is 2.57 bits per heavy atom. The van der Waals surface area contributed by atoms with Crippen molar-refractivity contribution in [3.05, 3.63) is 94.6 Å². The van der Waals surface area contributed by atoms with E-state index < -0.39 is 19.3 Å². The van der Waals surface area contributed by atoms with Crippen molar-refractivity contribution in [2.75, 3.05) is 25.0 Å². The van der Waals surface area contributed by atoms with Crippen molar-refractivity contribution in [1.29, 1.82) is 0 Å². The molecule has 0 fully saturated rings. The number of carbonyl (C=O) groups excluding carboxylic acids is 3. The predicted octanol–water partition coefficient (Wildman–Crippen LogP) is 4.05. The Bertz CT molecular complexity index is 1650. The Hall–Kier alpha value is -4.94. The van der Waals surface area contributed by atoms with E-state index in [-0.39, 0.29) is 31.4 Å². The SMILES string of the molecule is CCCN(CCC)C(=O)C1=Cc2ccc(C(=O)NCC3OB(O)c4cc(NC(=O)OCc5ccccc5)ccc43)cc2N=C(N)C1. The van der Waals surface area contributed by atoms with Crippen LogP contribution in [0.3, 0.4) is 0 Å². The zero-order chi connectivity index (χ0) is 32.6. The summed E-state index contributed by atoms with van der Waals surface area (Å²) >= 11 is 0. The van der Waals surface area contributed by atoms with Crippen LogP contribution in [-0.2, 0) is 20.8 Å². The minimum Gasteiger partial charge on any atom is -0.444 e. The number of ether oxygens (including phenoxy) is 1. The lowest BCUT2D eigenvalue weighted by Crippen LogP contribution is -2.34. The van der Waals surface area contributed by atoms with Crippen LogP contribution in [0.2, 0.25) is 0 Å².